The standard InChI is InChI=1S/C19H19FN2O3/c1-21-18(23)16-8-15(9-17(20)10-16)12-4-2-11-3-5-13(19(24)22-25)7-14(11)6-12/h2,4,6,8-10,13,25H,3,5,7H2,1H3,(H,21,23)(H,22,24). The number of aryl methyl sites for hydroxylation is 1. The van der Waals surface area contributed by atoms with Crippen LogP contribution in [-0.4, -0.2) is 24.1 Å². The van der Waals surface area contributed by atoms with E-state index < -0.39 is 5.82 Å². The molecule has 0 spiro atoms. The number of carbonyl (C=O) groups is 2. The van der Waals surface area contributed by atoms with Gasteiger partial charge in [-0.3, -0.25) is 14.8 Å². The number of carbonyl (C=O) groups excluding carboxylic acids is 2. The van der Waals surface area contributed by atoms with Crippen LogP contribution in [0.3, 0.4) is 0 Å². The Morgan fingerprint density at radius 2 is 1.92 bits per heavy atom. The third-order valence-electron chi connectivity index (χ3n) is 4.64. The van der Waals surface area contributed by atoms with Crippen LogP contribution >= 0.6 is 0 Å². The van der Waals surface area contributed by atoms with Crippen molar-refractivity contribution in [2.24, 2.45) is 5.92 Å². The van der Waals surface area contributed by atoms with Gasteiger partial charge in [0.2, 0.25) is 5.91 Å². The Bertz CT molecular complexity index is 835. The van der Waals surface area contributed by atoms with E-state index in [0.717, 1.165) is 23.1 Å². The molecular weight excluding hydrogens is 323 g/mol. The molecule has 1 aliphatic carbocycles. The number of hydroxylamine groups is 1. The van der Waals surface area contributed by atoms with Crippen molar-refractivity contribution >= 4 is 11.8 Å². The second kappa shape index (κ2) is 7.03. The maximum atomic E-state index is 13.9. The van der Waals surface area contributed by atoms with Crippen LogP contribution in [0.4, 0.5) is 4.39 Å². The minimum atomic E-state index is -0.480. The molecule has 0 saturated heterocycles. The van der Waals surface area contributed by atoms with Gasteiger partial charge in [0.05, 0.1) is 0 Å². The Labute approximate surface area is 144 Å². The van der Waals surface area contributed by atoms with E-state index >= 15 is 0 Å². The first-order valence-corrected chi connectivity index (χ1v) is 8.10. The zero-order valence-corrected chi connectivity index (χ0v) is 13.8. The van der Waals surface area contributed by atoms with E-state index in [2.05, 4.69) is 5.32 Å². The Hall–Kier alpha value is -2.73. The van der Waals surface area contributed by atoms with Crippen LogP contribution in [0.2, 0.25) is 0 Å². The van der Waals surface area contributed by atoms with Crippen LogP contribution in [0, 0.1) is 11.7 Å². The summed E-state index contributed by atoms with van der Waals surface area (Å²) >= 11 is 0. The van der Waals surface area contributed by atoms with Crippen LogP contribution in [-0.2, 0) is 17.6 Å². The summed E-state index contributed by atoms with van der Waals surface area (Å²) in [6.45, 7) is 0. The normalized spacial score (nSPS) is 16.0. The molecule has 25 heavy (non-hydrogen) atoms. The Morgan fingerprint density at radius 3 is 2.64 bits per heavy atom. The fraction of sp³-hybridized carbons (Fsp3) is 0.263. The molecule has 1 unspecified atom stereocenters. The van der Waals surface area contributed by atoms with E-state index in [4.69, 9.17) is 5.21 Å². The smallest absolute Gasteiger partial charge is 0.251 e. The molecule has 3 N–H and O–H groups in total. The van der Waals surface area contributed by atoms with Gasteiger partial charge in [-0.2, -0.15) is 0 Å². The predicted octanol–water partition coefficient (Wildman–Crippen LogP) is 2.46. The number of halogens is 1. The van der Waals surface area contributed by atoms with Gasteiger partial charge in [0.1, 0.15) is 5.82 Å². The number of amides is 2. The summed E-state index contributed by atoms with van der Waals surface area (Å²) in [7, 11) is 1.50. The number of hydrogen-bond acceptors (Lipinski definition) is 3. The Balaban J connectivity index is 1.96. The highest BCUT2D eigenvalue weighted by atomic mass is 19.1. The highest BCUT2D eigenvalue weighted by Gasteiger charge is 2.24. The van der Waals surface area contributed by atoms with Crippen molar-refractivity contribution in [1.82, 2.24) is 10.8 Å². The number of benzene rings is 2. The summed E-state index contributed by atoms with van der Waals surface area (Å²) < 4.78 is 13.9. The Morgan fingerprint density at radius 1 is 1.12 bits per heavy atom. The molecule has 6 heteroatoms. The molecule has 5 nitrogen and oxygen atoms in total. The molecule has 0 aromatic heterocycles. The monoisotopic (exact) mass is 342 g/mol. The number of nitrogens with one attached hydrogen (secondary N) is 2. The lowest BCUT2D eigenvalue weighted by Crippen LogP contribution is -2.31. The van der Waals surface area contributed by atoms with Crippen molar-refractivity contribution in [1.29, 1.82) is 0 Å². The van der Waals surface area contributed by atoms with Crippen LogP contribution < -0.4 is 10.8 Å². The van der Waals surface area contributed by atoms with Crippen LogP contribution in [0.25, 0.3) is 11.1 Å². The van der Waals surface area contributed by atoms with Crippen LogP contribution in [0.5, 0.6) is 0 Å². The van der Waals surface area contributed by atoms with Gasteiger partial charge in [-0.15, -0.1) is 0 Å². The van der Waals surface area contributed by atoms with Crippen LogP contribution in [0.1, 0.15) is 27.9 Å². The molecule has 2 amide bonds. The largest absolute Gasteiger partial charge is 0.355 e. The predicted molar refractivity (Wildman–Crippen MR) is 90.7 cm³/mol. The average molecular weight is 342 g/mol. The van der Waals surface area contributed by atoms with E-state index in [-0.39, 0.29) is 23.3 Å². The lowest BCUT2D eigenvalue weighted by Gasteiger charge is -2.23. The van der Waals surface area contributed by atoms with E-state index in [9.17, 15) is 14.0 Å². The molecule has 3 rings (SSSR count). The highest BCUT2D eigenvalue weighted by molar-refractivity contribution is 5.95. The quantitative estimate of drug-likeness (QED) is 0.592. The first-order chi connectivity index (χ1) is 12.0. The topological polar surface area (TPSA) is 78.4 Å². The van der Waals surface area contributed by atoms with Gasteiger partial charge in [0, 0.05) is 18.5 Å². The summed E-state index contributed by atoms with van der Waals surface area (Å²) in [5.74, 6) is -1.49. The van der Waals surface area contributed by atoms with Gasteiger partial charge in [-0.05, 0) is 59.7 Å². The zero-order valence-electron chi connectivity index (χ0n) is 13.8. The van der Waals surface area contributed by atoms with Crippen molar-refractivity contribution in [3.05, 3.63) is 58.9 Å². The third-order valence-corrected chi connectivity index (χ3v) is 4.64. The molecule has 2 aromatic carbocycles. The van der Waals surface area contributed by atoms with Crippen molar-refractivity contribution in [3.8, 4) is 11.1 Å². The molecule has 130 valence electrons. The second-order valence-electron chi connectivity index (χ2n) is 6.21. The molecule has 0 aliphatic heterocycles. The van der Waals surface area contributed by atoms with Crippen LogP contribution in [0.15, 0.2) is 36.4 Å². The highest BCUT2D eigenvalue weighted by Crippen LogP contribution is 2.30. The summed E-state index contributed by atoms with van der Waals surface area (Å²) in [6.07, 6.45) is 1.95. The van der Waals surface area contributed by atoms with E-state index in [1.165, 1.54) is 19.2 Å². The first-order valence-electron chi connectivity index (χ1n) is 8.10. The number of fused-ring (bicyclic) bond motifs is 1. The maximum Gasteiger partial charge on any atom is 0.251 e. The summed E-state index contributed by atoms with van der Waals surface area (Å²) in [4.78, 5) is 23.5. The minimum Gasteiger partial charge on any atom is -0.355 e. The molecule has 0 bridgehead atoms. The minimum absolute atomic E-state index is 0.257. The van der Waals surface area contributed by atoms with Crippen molar-refractivity contribution in [3.63, 3.8) is 0 Å². The third kappa shape index (κ3) is 3.53. The number of hydrogen-bond donors (Lipinski definition) is 3. The van der Waals surface area contributed by atoms with E-state index in [0.29, 0.717) is 18.4 Å². The molecule has 0 heterocycles. The van der Waals surface area contributed by atoms with E-state index in [1.807, 2.05) is 18.2 Å². The fourth-order valence-corrected chi connectivity index (χ4v) is 3.28. The molecule has 2 aromatic rings. The van der Waals surface area contributed by atoms with Crippen molar-refractivity contribution in [2.45, 2.75) is 19.3 Å². The molecule has 0 saturated carbocycles. The lowest BCUT2D eigenvalue weighted by molar-refractivity contribution is -0.133. The molecule has 1 aliphatic rings. The Kier molecular flexibility index (Phi) is 4.81. The van der Waals surface area contributed by atoms with E-state index in [1.54, 1.807) is 11.5 Å². The summed E-state index contributed by atoms with van der Waals surface area (Å²) in [6, 6.07) is 10.0. The van der Waals surface area contributed by atoms with Gasteiger partial charge in [-0.25, -0.2) is 9.87 Å². The first kappa shape index (κ1) is 17.1. The molecule has 0 radical (unpaired) electrons. The van der Waals surface area contributed by atoms with Crippen molar-refractivity contribution < 1.29 is 19.2 Å². The summed E-state index contributed by atoms with van der Waals surface area (Å²) in [5, 5.41) is 11.3. The van der Waals surface area contributed by atoms with Gasteiger partial charge < -0.3 is 5.32 Å². The van der Waals surface area contributed by atoms with Gasteiger partial charge >= 0.3 is 0 Å². The van der Waals surface area contributed by atoms with Gasteiger partial charge in [-0.1, -0.05) is 18.2 Å². The molecular formula is C19H19FN2O3. The van der Waals surface area contributed by atoms with Gasteiger partial charge in [0.15, 0.2) is 0 Å². The van der Waals surface area contributed by atoms with Crippen molar-refractivity contribution in [2.75, 3.05) is 7.05 Å². The SMILES string of the molecule is CNC(=O)c1cc(F)cc(-c2ccc3c(c2)CC(C(=O)NO)CC3)c1. The van der Waals surface area contributed by atoms with Gasteiger partial charge in [0.25, 0.3) is 5.91 Å². The average Bonchev–Trinajstić information content (AvgIpc) is 2.65. The molecule has 0 fully saturated rings. The zero-order chi connectivity index (χ0) is 18.0. The maximum absolute atomic E-state index is 13.9. The number of rotatable bonds is 3. The lowest BCUT2D eigenvalue weighted by atomic mass is 9.82. The molecule has 1 atom stereocenters. The summed E-state index contributed by atoms with van der Waals surface area (Å²) in [5.41, 5.74) is 5.51. The second-order valence-corrected chi connectivity index (χ2v) is 6.21. The fourth-order valence-electron chi connectivity index (χ4n) is 3.28.